The molecule has 26 heavy (non-hydrogen) atoms. The zero-order valence-electron chi connectivity index (χ0n) is 14.9. The molecular formula is C21H26ClNO3. The Morgan fingerprint density at radius 2 is 2.04 bits per heavy atom. The third-order valence-electron chi connectivity index (χ3n) is 5.98. The fraction of sp³-hybridized carbons (Fsp3) is 0.476. The van der Waals surface area contributed by atoms with Crippen molar-refractivity contribution in [1.29, 1.82) is 0 Å². The van der Waals surface area contributed by atoms with E-state index in [0.29, 0.717) is 19.1 Å². The normalized spacial score (nSPS) is 25.0. The van der Waals surface area contributed by atoms with E-state index in [1.54, 1.807) is 0 Å². The molecule has 140 valence electrons. The summed E-state index contributed by atoms with van der Waals surface area (Å²) in [7, 11) is 0. The van der Waals surface area contributed by atoms with Crippen LogP contribution in [0.1, 0.15) is 25.7 Å². The number of likely N-dealkylation sites (tertiary alicyclic amines) is 1. The van der Waals surface area contributed by atoms with Crippen LogP contribution in [0, 0.1) is 11.3 Å². The zero-order valence-corrected chi connectivity index (χ0v) is 15.7. The van der Waals surface area contributed by atoms with Crippen LogP contribution >= 0.6 is 12.4 Å². The maximum atomic E-state index is 11.7. The molecule has 2 aromatic rings. The highest BCUT2D eigenvalue weighted by Crippen LogP contribution is 2.48. The molecule has 1 aliphatic carbocycles. The lowest BCUT2D eigenvalue weighted by Crippen LogP contribution is -2.36. The van der Waals surface area contributed by atoms with E-state index < -0.39 is 11.4 Å². The highest BCUT2D eigenvalue weighted by atomic mass is 35.5. The molecule has 2 aliphatic rings. The topological polar surface area (TPSA) is 49.8 Å². The van der Waals surface area contributed by atoms with E-state index in [1.807, 2.05) is 18.2 Å². The fourth-order valence-corrected chi connectivity index (χ4v) is 4.65. The second kappa shape index (κ2) is 7.85. The molecule has 0 radical (unpaired) electrons. The second-order valence-electron chi connectivity index (χ2n) is 7.50. The number of carbonyl (C=O) groups is 1. The highest BCUT2D eigenvalue weighted by molar-refractivity contribution is 5.85. The Kier molecular flexibility index (Phi) is 5.73. The van der Waals surface area contributed by atoms with Crippen molar-refractivity contribution < 1.29 is 14.6 Å². The summed E-state index contributed by atoms with van der Waals surface area (Å²) in [5.41, 5.74) is -0.473. The molecule has 2 aromatic carbocycles. The van der Waals surface area contributed by atoms with Gasteiger partial charge in [-0.15, -0.1) is 12.4 Å². The van der Waals surface area contributed by atoms with Crippen molar-refractivity contribution in [1.82, 2.24) is 4.90 Å². The standard InChI is InChI=1S/C21H25NO3.ClH/c23-20(24)21-10-3-7-18(21)14-22(15-21)11-4-12-25-19-9-8-16-5-1-2-6-17(16)13-19;/h1-2,5-6,8-9,13,18H,3-4,7,10-12,14-15H2,(H,23,24);1H/t18-,21+;/m0./s1. The van der Waals surface area contributed by atoms with Crippen molar-refractivity contribution in [2.24, 2.45) is 11.3 Å². The molecule has 0 amide bonds. The van der Waals surface area contributed by atoms with Crippen molar-refractivity contribution in [2.45, 2.75) is 25.7 Å². The molecule has 1 N–H and O–H groups in total. The van der Waals surface area contributed by atoms with Gasteiger partial charge in [0.05, 0.1) is 12.0 Å². The lowest BCUT2D eigenvalue weighted by molar-refractivity contribution is -0.149. The van der Waals surface area contributed by atoms with Crippen LogP contribution in [-0.2, 0) is 4.79 Å². The lowest BCUT2D eigenvalue weighted by atomic mass is 9.81. The molecule has 1 aliphatic heterocycles. The molecule has 0 bridgehead atoms. The van der Waals surface area contributed by atoms with Gasteiger partial charge in [0.1, 0.15) is 5.75 Å². The van der Waals surface area contributed by atoms with E-state index in [1.165, 1.54) is 10.8 Å². The summed E-state index contributed by atoms with van der Waals surface area (Å²) in [6, 6.07) is 14.4. The first kappa shape index (κ1) is 19.0. The first-order valence-electron chi connectivity index (χ1n) is 9.25. The summed E-state index contributed by atoms with van der Waals surface area (Å²) in [4.78, 5) is 14.0. The first-order valence-corrected chi connectivity index (χ1v) is 9.25. The number of fused-ring (bicyclic) bond motifs is 2. The zero-order chi connectivity index (χ0) is 17.3. The van der Waals surface area contributed by atoms with Crippen LogP contribution in [0.5, 0.6) is 5.75 Å². The van der Waals surface area contributed by atoms with Gasteiger partial charge in [-0.1, -0.05) is 36.8 Å². The molecule has 1 heterocycles. The molecule has 5 heteroatoms. The average molecular weight is 376 g/mol. The van der Waals surface area contributed by atoms with Crippen LogP contribution in [0.15, 0.2) is 42.5 Å². The van der Waals surface area contributed by atoms with E-state index in [4.69, 9.17) is 4.74 Å². The SMILES string of the molecule is Cl.O=C(O)[C@@]12CCC[C@H]1CN(CCCOc1ccc3ccccc3c1)C2. The van der Waals surface area contributed by atoms with Crippen molar-refractivity contribution in [3.05, 3.63) is 42.5 Å². The average Bonchev–Trinajstić information content (AvgIpc) is 3.17. The maximum Gasteiger partial charge on any atom is 0.311 e. The largest absolute Gasteiger partial charge is 0.494 e. The third kappa shape index (κ3) is 3.53. The first-order chi connectivity index (χ1) is 12.2. The van der Waals surface area contributed by atoms with Gasteiger partial charge in [-0.3, -0.25) is 4.79 Å². The predicted molar refractivity (Wildman–Crippen MR) is 105 cm³/mol. The van der Waals surface area contributed by atoms with E-state index >= 15 is 0 Å². The van der Waals surface area contributed by atoms with Crippen molar-refractivity contribution >= 4 is 29.1 Å². The van der Waals surface area contributed by atoms with Gasteiger partial charge < -0.3 is 14.7 Å². The number of halogens is 1. The van der Waals surface area contributed by atoms with Crippen molar-refractivity contribution in [3.63, 3.8) is 0 Å². The van der Waals surface area contributed by atoms with Crippen LogP contribution < -0.4 is 4.74 Å². The number of benzene rings is 2. The van der Waals surface area contributed by atoms with E-state index in [2.05, 4.69) is 29.2 Å². The van der Waals surface area contributed by atoms with Crippen LogP contribution in [0.4, 0.5) is 0 Å². The number of aliphatic carboxylic acids is 1. The smallest absolute Gasteiger partial charge is 0.311 e. The molecule has 2 atom stereocenters. The number of carboxylic acids is 1. The number of hydrogen-bond donors (Lipinski definition) is 1. The second-order valence-corrected chi connectivity index (χ2v) is 7.50. The molecule has 1 saturated carbocycles. The molecule has 2 fully saturated rings. The van der Waals surface area contributed by atoms with Gasteiger partial charge in [0.15, 0.2) is 0 Å². The summed E-state index contributed by atoms with van der Waals surface area (Å²) in [5, 5.41) is 12.1. The minimum atomic E-state index is -0.593. The van der Waals surface area contributed by atoms with Gasteiger partial charge >= 0.3 is 5.97 Å². The van der Waals surface area contributed by atoms with Crippen LogP contribution in [0.25, 0.3) is 10.8 Å². The molecule has 0 aromatic heterocycles. The summed E-state index contributed by atoms with van der Waals surface area (Å²) < 4.78 is 5.90. The fourth-order valence-electron chi connectivity index (χ4n) is 4.65. The van der Waals surface area contributed by atoms with Crippen LogP contribution in [0.3, 0.4) is 0 Å². The minimum Gasteiger partial charge on any atom is -0.494 e. The molecule has 0 unspecified atom stereocenters. The van der Waals surface area contributed by atoms with Crippen molar-refractivity contribution in [2.75, 3.05) is 26.2 Å². The Balaban J connectivity index is 0.00000196. The van der Waals surface area contributed by atoms with Gasteiger partial charge in [-0.25, -0.2) is 0 Å². The minimum absolute atomic E-state index is 0. The van der Waals surface area contributed by atoms with E-state index in [-0.39, 0.29) is 12.4 Å². The van der Waals surface area contributed by atoms with Crippen molar-refractivity contribution in [3.8, 4) is 5.75 Å². The van der Waals surface area contributed by atoms with Gasteiger partial charge in [0.2, 0.25) is 0 Å². The van der Waals surface area contributed by atoms with E-state index in [0.717, 1.165) is 44.5 Å². The Bertz CT molecular complexity index is 781. The summed E-state index contributed by atoms with van der Waals surface area (Å²) in [6.07, 6.45) is 3.90. The lowest BCUT2D eigenvalue weighted by Gasteiger charge is -2.23. The Morgan fingerprint density at radius 3 is 2.81 bits per heavy atom. The Labute approximate surface area is 160 Å². The number of rotatable bonds is 6. The summed E-state index contributed by atoms with van der Waals surface area (Å²) >= 11 is 0. The van der Waals surface area contributed by atoms with Crippen LogP contribution in [0.2, 0.25) is 0 Å². The highest BCUT2D eigenvalue weighted by Gasteiger charge is 2.54. The number of ether oxygens (including phenoxy) is 1. The molecule has 4 nitrogen and oxygen atoms in total. The maximum absolute atomic E-state index is 11.7. The van der Waals surface area contributed by atoms with Gasteiger partial charge in [0.25, 0.3) is 0 Å². The van der Waals surface area contributed by atoms with Gasteiger partial charge in [-0.05, 0) is 48.1 Å². The number of hydrogen-bond acceptors (Lipinski definition) is 3. The predicted octanol–water partition coefficient (Wildman–Crippen LogP) is 4.22. The number of carboxylic acid groups (broad SMARTS) is 1. The Hall–Kier alpha value is -1.78. The van der Waals surface area contributed by atoms with Crippen LogP contribution in [-0.4, -0.2) is 42.2 Å². The number of nitrogens with zero attached hydrogens (tertiary/aromatic N) is 1. The molecule has 1 saturated heterocycles. The monoisotopic (exact) mass is 375 g/mol. The summed E-state index contributed by atoms with van der Waals surface area (Å²) in [6.45, 7) is 3.23. The molecular weight excluding hydrogens is 350 g/mol. The third-order valence-corrected chi connectivity index (χ3v) is 5.98. The summed E-state index contributed by atoms with van der Waals surface area (Å²) in [5.74, 6) is 0.648. The molecule has 4 rings (SSSR count). The van der Waals surface area contributed by atoms with Gasteiger partial charge in [-0.2, -0.15) is 0 Å². The van der Waals surface area contributed by atoms with Gasteiger partial charge in [0, 0.05) is 19.6 Å². The Morgan fingerprint density at radius 1 is 1.23 bits per heavy atom. The molecule has 0 spiro atoms. The van der Waals surface area contributed by atoms with E-state index in [9.17, 15) is 9.90 Å². The quantitative estimate of drug-likeness (QED) is 0.768.